The van der Waals surface area contributed by atoms with E-state index in [4.69, 9.17) is 28.9 Å². The second-order valence-electron chi connectivity index (χ2n) is 8.76. The van der Waals surface area contributed by atoms with Crippen LogP contribution in [0.15, 0.2) is 66.7 Å². The number of anilines is 1. The molecule has 1 aliphatic heterocycles. The average molecular weight is 486 g/mol. The number of fused-ring (bicyclic) bond motifs is 1. The van der Waals surface area contributed by atoms with Gasteiger partial charge in [-0.1, -0.05) is 24.3 Å². The molecule has 4 aromatic rings. The van der Waals surface area contributed by atoms with Crippen LogP contribution in [0.4, 0.5) is 5.82 Å². The molecule has 0 unspecified atom stereocenters. The molecule has 0 spiro atoms. The molecule has 5 rings (SSSR count). The van der Waals surface area contributed by atoms with E-state index in [9.17, 15) is 0 Å². The fourth-order valence-corrected chi connectivity index (χ4v) is 4.47. The van der Waals surface area contributed by atoms with Gasteiger partial charge < -0.3 is 23.8 Å². The molecule has 1 aromatic heterocycles. The summed E-state index contributed by atoms with van der Waals surface area (Å²) < 4.78 is 22.9. The van der Waals surface area contributed by atoms with Gasteiger partial charge in [-0.15, -0.1) is 0 Å². The Morgan fingerprint density at radius 2 is 1.58 bits per heavy atom. The van der Waals surface area contributed by atoms with Crippen LogP contribution >= 0.6 is 0 Å². The summed E-state index contributed by atoms with van der Waals surface area (Å²) >= 11 is 0. The molecule has 0 amide bonds. The second kappa shape index (κ2) is 11.2. The Morgan fingerprint density at radius 1 is 0.778 bits per heavy atom. The van der Waals surface area contributed by atoms with Gasteiger partial charge in [-0.3, -0.25) is 0 Å². The number of benzene rings is 3. The Kier molecular flexibility index (Phi) is 7.36. The summed E-state index contributed by atoms with van der Waals surface area (Å²) in [6.45, 7) is 2.40. The largest absolute Gasteiger partial charge is 0.493 e. The first-order chi connectivity index (χ1) is 17.7. The molecule has 1 aliphatic rings. The van der Waals surface area contributed by atoms with E-state index in [0.717, 1.165) is 59.7 Å². The lowest BCUT2D eigenvalue weighted by Crippen LogP contribution is -2.30. The quantitative estimate of drug-likeness (QED) is 0.286. The van der Waals surface area contributed by atoms with Crippen molar-refractivity contribution in [1.29, 1.82) is 0 Å². The van der Waals surface area contributed by atoms with Gasteiger partial charge in [0.05, 0.1) is 26.3 Å². The van der Waals surface area contributed by atoms with E-state index in [1.165, 1.54) is 6.42 Å². The third kappa shape index (κ3) is 5.46. The minimum Gasteiger partial charge on any atom is -0.493 e. The van der Waals surface area contributed by atoms with Gasteiger partial charge in [0, 0.05) is 24.9 Å². The first kappa shape index (κ1) is 23.7. The Labute approximate surface area is 211 Å². The summed E-state index contributed by atoms with van der Waals surface area (Å²) in [6, 6.07) is 22.0. The van der Waals surface area contributed by atoms with Crippen LogP contribution in [0.2, 0.25) is 0 Å². The molecular weight excluding hydrogens is 454 g/mol. The van der Waals surface area contributed by atoms with E-state index in [1.807, 2.05) is 66.7 Å². The molecule has 3 aromatic carbocycles. The van der Waals surface area contributed by atoms with Crippen molar-refractivity contribution in [3.63, 3.8) is 0 Å². The third-order valence-electron chi connectivity index (χ3n) is 6.33. The number of ether oxygens (including phenoxy) is 4. The van der Waals surface area contributed by atoms with E-state index in [0.29, 0.717) is 30.5 Å². The first-order valence-electron chi connectivity index (χ1n) is 12.4. The summed E-state index contributed by atoms with van der Waals surface area (Å²) in [5, 5.41) is 0.970. The van der Waals surface area contributed by atoms with Crippen molar-refractivity contribution in [2.24, 2.45) is 0 Å². The molecule has 0 atom stereocenters. The lowest BCUT2D eigenvalue weighted by Gasteiger charge is -2.28. The lowest BCUT2D eigenvalue weighted by molar-refractivity contribution is 0.297. The number of para-hydroxylation sites is 1. The van der Waals surface area contributed by atoms with Crippen molar-refractivity contribution in [2.75, 3.05) is 38.8 Å². The minimum atomic E-state index is 0.389. The van der Waals surface area contributed by atoms with E-state index in [1.54, 1.807) is 14.2 Å². The van der Waals surface area contributed by atoms with Crippen molar-refractivity contribution in [3.05, 3.63) is 72.3 Å². The maximum absolute atomic E-state index is 6.08. The van der Waals surface area contributed by atoms with Gasteiger partial charge in [-0.25, -0.2) is 0 Å². The summed E-state index contributed by atoms with van der Waals surface area (Å²) in [7, 11) is 3.27. The molecular formula is C29H31N3O4. The molecule has 7 heteroatoms. The highest BCUT2D eigenvalue weighted by atomic mass is 16.5. The average Bonchev–Trinajstić information content (AvgIpc) is 2.93. The van der Waals surface area contributed by atoms with Gasteiger partial charge in [0.25, 0.3) is 0 Å². The highest BCUT2D eigenvalue weighted by Crippen LogP contribution is 2.33. The number of piperidine rings is 1. The number of hydrogen-bond acceptors (Lipinski definition) is 7. The lowest BCUT2D eigenvalue weighted by atomic mass is 10.1. The fraction of sp³-hybridized carbons (Fsp3) is 0.310. The van der Waals surface area contributed by atoms with Crippen molar-refractivity contribution >= 4 is 16.7 Å². The van der Waals surface area contributed by atoms with Crippen LogP contribution in [0.5, 0.6) is 29.0 Å². The molecule has 1 saturated heterocycles. The van der Waals surface area contributed by atoms with Gasteiger partial charge >= 0.3 is 6.01 Å². The zero-order valence-electron chi connectivity index (χ0n) is 20.8. The summed E-state index contributed by atoms with van der Waals surface area (Å²) in [5.41, 5.74) is 1.93. The molecule has 7 nitrogen and oxygen atoms in total. The van der Waals surface area contributed by atoms with Crippen LogP contribution in [0, 0.1) is 0 Å². The number of rotatable bonds is 9. The van der Waals surface area contributed by atoms with E-state index in [2.05, 4.69) is 4.90 Å². The monoisotopic (exact) mass is 485 g/mol. The Hall–Kier alpha value is -4.00. The number of nitrogens with zero attached hydrogens (tertiary/aromatic N) is 3. The first-order valence-corrected chi connectivity index (χ1v) is 12.4. The van der Waals surface area contributed by atoms with Crippen molar-refractivity contribution < 1.29 is 18.9 Å². The molecule has 1 fully saturated rings. The minimum absolute atomic E-state index is 0.389. The molecule has 0 aliphatic carbocycles. The van der Waals surface area contributed by atoms with Gasteiger partial charge in [0.1, 0.15) is 17.3 Å². The fourth-order valence-electron chi connectivity index (χ4n) is 4.47. The molecule has 0 N–H and O–H groups in total. The molecule has 0 bridgehead atoms. The topological polar surface area (TPSA) is 65.9 Å². The highest BCUT2D eigenvalue weighted by molar-refractivity contribution is 5.91. The number of aromatic nitrogens is 2. The van der Waals surface area contributed by atoms with Crippen molar-refractivity contribution in [1.82, 2.24) is 9.97 Å². The Bertz CT molecular complexity index is 1310. The Balaban J connectivity index is 1.38. The molecule has 2 heterocycles. The zero-order chi connectivity index (χ0) is 24.7. The maximum atomic E-state index is 6.08. The smallest absolute Gasteiger partial charge is 0.318 e. The van der Waals surface area contributed by atoms with Crippen molar-refractivity contribution in [3.8, 4) is 29.0 Å². The number of hydrogen-bond donors (Lipinski definition) is 0. The zero-order valence-corrected chi connectivity index (χ0v) is 20.8. The van der Waals surface area contributed by atoms with Gasteiger partial charge in [0.15, 0.2) is 11.5 Å². The van der Waals surface area contributed by atoms with Crippen LogP contribution in [0.1, 0.15) is 24.8 Å². The predicted molar refractivity (Wildman–Crippen MR) is 141 cm³/mol. The summed E-state index contributed by atoms with van der Waals surface area (Å²) in [6.07, 6.45) is 4.25. The van der Waals surface area contributed by atoms with E-state index in [-0.39, 0.29) is 0 Å². The second-order valence-corrected chi connectivity index (χ2v) is 8.76. The maximum Gasteiger partial charge on any atom is 0.318 e. The molecule has 0 saturated carbocycles. The predicted octanol–water partition coefficient (Wildman–Crippen LogP) is 6.05. The highest BCUT2D eigenvalue weighted by Gasteiger charge is 2.18. The molecule has 186 valence electrons. The van der Waals surface area contributed by atoms with Gasteiger partial charge in [0.2, 0.25) is 0 Å². The van der Waals surface area contributed by atoms with Gasteiger partial charge in [-0.05, 0) is 67.3 Å². The van der Waals surface area contributed by atoms with Crippen LogP contribution in [0.25, 0.3) is 10.9 Å². The normalized spacial score (nSPS) is 13.4. The molecule has 0 radical (unpaired) electrons. The van der Waals surface area contributed by atoms with E-state index >= 15 is 0 Å². The summed E-state index contributed by atoms with van der Waals surface area (Å²) in [5.74, 6) is 3.88. The SMILES string of the molecule is COc1ccc(CCOc2nc(N3CCCCC3)c3cc(Oc4ccccc4)ccc3n2)cc1OC. The molecule has 36 heavy (non-hydrogen) atoms. The van der Waals surface area contributed by atoms with Crippen molar-refractivity contribution in [2.45, 2.75) is 25.7 Å². The Morgan fingerprint density at radius 3 is 2.36 bits per heavy atom. The van der Waals surface area contributed by atoms with Gasteiger partial charge in [-0.2, -0.15) is 9.97 Å². The van der Waals surface area contributed by atoms with E-state index < -0.39 is 0 Å². The van der Waals surface area contributed by atoms with Crippen LogP contribution < -0.4 is 23.8 Å². The van der Waals surface area contributed by atoms with Crippen LogP contribution in [-0.2, 0) is 6.42 Å². The van der Waals surface area contributed by atoms with Crippen LogP contribution in [-0.4, -0.2) is 43.9 Å². The summed E-state index contributed by atoms with van der Waals surface area (Å²) in [4.78, 5) is 11.9. The number of methoxy groups -OCH3 is 2. The van der Waals surface area contributed by atoms with Crippen LogP contribution in [0.3, 0.4) is 0 Å². The third-order valence-corrected chi connectivity index (χ3v) is 6.33. The standard InChI is InChI=1S/C29H31N3O4/c1-33-26-14-11-21(19-27(26)34-2)15-18-35-29-30-25-13-12-23(36-22-9-5-3-6-10-22)20-24(25)28(31-29)32-16-7-4-8-17-32/h3,5-6,9-14,19-20H,4,7-8,15-18H2,1-2H3.